The number of carboxylic acid groups (broad SMARTS) is 1. The summed E-state index contributed by atoms with van der Waals surface area (Å²) in [5, 5.41) is 14.7. The SMILES string of the molecule is Nc1ccc(Cl)cc1-c1ccc(C(Cc2ccccc2)NC(=O)c2ccc(NC(=O)O)cc2)nc1. The summed E-state index contributed by atoms with van der Waals surface area (Å²) in [6.07, 6.45) is 1.09. The van der Waals surface area contributed by atoms with Gasteiger partial charge in [-0.3, -0.25) is 15.1 Å². The van der Waals surface area contributed by atoms with E-state index in [0.29, 0.717) is 34.1 Å². The van der Waals surface area contributed by atoms with E-state index in [1.165, 1.54) is 12.1 Å². The molecule has 2 amide bonds. The summed E-state index contributed by atoms with van der Waals surface area (Å²) in [4.78, 5) is 28.4. The first kappa shape index (κ1) is 23.8. The first-order chi connectivity index (χ1) is 16.9. The van der Waals surface area contributed by atoms with Crippen molar-refractivity contribution in [3.8, 4) is 11.1 Å². The fourth-order valence-electron chi connectivity index (χ4n) is 3.70. The number of amides is 2. The van der Waals surface area contributed by atoms with Crippen LogP contribution in [-0.4, -0.2) is 22.1 Å². The molecule has 0 radical (unpaired) electrons. The summed E-state index contributed by atoms with van der Waals surface area (Å²) in [5.41, 5.74) is 10.8. The van der Waals surface area contributed by atoms with Crippen LogP contribution in [0.2, 0.25) is 5.02 Å². The van der Waals surface area contributed by atoms with Crippen LogP contribution in [0.1, 0.15) is 27.7 Å². The van der Waals surface area contributed by atoms with Crippen molar-refractivity contribution >= 4 is 35.0 Å². The van der Waals surface area contributed by atoms with Gasteiger partial charge in [-0.25, -0.2) is 4.79 Å². The summed E-state index contributed by atoms with van der Waals surface area (Å²) >= 11 is 6.13. The third kappa shape index (κ3) is 6.16. The van der Waals surface area contributed by atoms with E-state index < -0.39 is 12.1 Å². The lowest BCUT2D eigenvalue weighted by Crippen LogP contribution is -2.30. The van der Waals surface area contributed by atoms with E-state index >= 15 is 0 Å². The number of carbonyl (C=O) groups excluding carboxylic acids is 1. The second kappa shape index (κ2) is 10.7. The minimum atomic E-state index is -1.17. The highest BCUT2D eigenvalue weighted by atomic mass is 35.5. The molecule has 5 N–H and O–H groups in total. The highest BCUT2D eigenvalue weighted by Gasteiger charge is 2.18. The van der Waals surface area contributed by atoms with Crippen molar-refractivity contribution in [1.82, 2.24) is 10.3 Å². The van der Waals surface area contributed by atoms with Crippen LogP contribution in [0.15, 0.2) is 91.1 Å². The van der Waals surface area contributed by atoms with Gasteiger partial charge >= 0.3 is 6.09 Å². The largest absolute Gasteiger partial charge is 0.465 e. The number of benzene rings is 3. The molecule has 0 aliphatic heterocycles. The standard InChI is InChI=1S/C27H23ClN4O3/c28-20-9-12-23(29)22(15-20)19-8-13-24(30-16-19)25(14-17-4-2-1-3-5-17)32-26(33)18-6-10-21(11-7-18)31-27(34)35/h1-13,15-16,25,31H,14,29H2,(H,32,33)(H,34,35). The molecule has 4 rings (SSSR count). The number of carbonyl (C=O) groups is 2. The highest BCUT2D eigenvalue weighted by Crippen LogP contribution is 2.29. The molecule has 1 unspecified atom stereocenters. The molecule has 0 aliphatic rings. The van der Waals surface area contributed by atoms with Gasteiger partial charge in [-0.05, 0) is 60.5 Å². The van der Waals surface area contributed by atoms with E-state index in [1.807, 2.05) is 42.5 Å². The van der Waals surface area contributed by atoms with Crippen molar-refractivity contribution in [3.63, 3.8) is 0 Å². The zero-order chi connectivity index (χ0) is 24.8. The molecule has 0 bridgehead atoms. The van der Waals surface area contributed by atoms with Crippen molar-refractivity contribution in [2.24, 2.45) is 0 Å². The summed E-state index contributed by atoms with van der Waals surface area (Å²) in [5.74, 6) is -0.294. The number of nitrogen functional groups attached to an aromatic ring is 1. The zero-order valence-corrected chi connectivity index (χ0v) is 19.4. The molecular weight excluding hydrogens is 464 g/mol. The second-order valence-electron chi connectivity index (χ2n) is 7.93. The fourth-order valence-corrected chi connectivity index (χ4v) is 3.87. The van der Waals surface area contributed by atoms with Crippen LogP contribution < -0.4 is 16.4 Å². The van der Waals surface area contributed by atoms with Crippen molar-refractivity contribution in [2.75, 3.05) is 11.1 Å². The van der Waals surface area contributed by atoms with E-state index in [0.717, 1.165) is 16.7 Å². The van der Waals surface area contributed by atoms with Crippen molar-refractivity contribution in [3.05, 3.63) is 113 Å². The van der Waals surface area contributed by atoms with Gasteiger partial charge in [0.2, 0.25) is 0 Å². The van der Waals surface area contributed by atoms with Gasteiger partial charge < -0.3 is 16.2 Å². The maximum atomic E-state index is 13.0. The Hall–Kier alpha value is -4.36. The number of hydrogen-bond donors (Lipinski definition) is 4. The van der Waals surface area contributed by atoms with Gasteiger partial charge in [-0.1, -0.05) is 48.0 Å². The fraction of sp³-hybridized carbons (Fsp3) is 0.0741. The minimum Gasteiger partial charge on any atom is -0.465 e. The number of rotatable bonds is 7. The number of halogens is 1. The predicted molar refractivity (Wildman–Crippen MR) is 138 cm³/mol. The van der Waals surface area contributed by atoms with Gasteiger partial charge in [0.1, 0.15) is 0 Å². The number of anilines is 2. The van der Waals surface area contributed by atoms with Crippen molar-refractivity contribution in [2.45, 2.75) is 12.5 Å². The van der Waals surface area contributed by atoms with Crippen LogP contribution in [0.3, 0.4) is 0 Å². The van der Waals surface area contributed by atoms with Crippen LogP contribution >= 0.6 is 11.6 Å². The molecule has 0 spiro atoms. The molecule has 0 saturated carbocycles. The maximum absolute atomic E-state index is 13.0. The first-order valence-corrected chi connectivity index (χ1v) is 11.2. The van der Waals surface area contributed by atoms with E-state index in [9.17, 15) is 9.59 Å². The van der Waals surface area contributed by atoms with Crippen molar-refractivity contribution in [1.29, 1.82) is 0 Å². The molecule has 3 aromatic carbocycles. The molecule has 0 saturated heterocycles. The molecule has 7 nitrogen and oxygen atoms in total. The molecule has 0 aliphatic carbocycles. The Balaban J connectivity index is 1.58. The van der Waals surface area contributed by atoms with Gasteiger partial charge in [0.25, 0.3) is 5.91 Å². The summed E-state index contributed by atoms with van der Waals surface area (Å²) in [6, 6.07) is 24.7. The summed E-state index contributed by atoms with van der Waals surface area (Å²) in [7, 11) is 0. The zero-order valence-electron chi connectivity index (χ0n) is 18.6. The number of nitrogens with zero attached hydrogens (tertiary/aromatic N) is 1. The van der Waals surface area contributed by atoms with Crippen LogP contribution in [0, 0.1) is 0 Å². The maximum Gasteiger partial charge on any atom is 0.409 e. The second-order valence-corrected chi connectivity index (χ2v) is 8.36. The lowest BCUT2D eigenvalue weighted by atomic mass is 10.00. The third-order valence-corrected chi connectivity index (χ3v) is 5.69. The smallest absolute Gasteiger partial charge is 0.409 e. The number of nitrogens with one attached hydrogen (secondary N) is 2. The summed E-state index contributed by atoms with van der Waals surface area (Å²) < 4.78 is 0. The number of nitrogens with two attached hydrogens (primary N) is 1. The molecule has 176 valence electrons. The van der Waals surface area contributed by atoms with Crippen molar-refractivity contribution < 1.29 is 14.7 Å². The average molecular weight is 487 g/mol. The lowest BCUT2D eigenvalue weighted by Gasteiger charge is -2.19. The van der Waals surface area contributed by atoms with Gasteiger partial charge in [0.15, 0.2) is 0 Å². The molecule has 35 heavy (non-hydrogen) atoms. The normalized spacial score (nSPS) is 11.5. The minimum absolute atomic E-state index is 0.294. The van der Waals surface area contributed by atoms with Gasteiger partial charge in [-0.15, -0.1) is 0 Å². The van der Waals surface area contributed by atoms with Gasteiger partial charge in [-0.2, -0.15) is 0 Å². The summed E-state index contributed by atoms with van der Waals surface area (Å²) in [6.45, 7) is 0. The third-order valence-electron chi connectivity index (χ3n) is 5.46. The van der Waals surface area contributed by atoms with Crippen LogP contribution in [0.5, 0.6) is 0 Å². The van der Waals surface area contributed by atoms with E-state index in [-0.39, 0.29) is 5.91 Å². The number of hydrogen-bond acceptors (Lipinski definition) is 4. The van der Waals surface area contributed by atoms with Gasteiger partial charge in [0, 0.05) is 39.3 Å². The Morgan fingerprint density at radius 1 is 0.971 bits per heavy atom. The monoisotopic (exact) mass is 486 g/mol. The number of pyridine rings is 1. The predicted octanol–water partition coefficient (Wildman–Crippen LogP) is 5.79. The molecule has 1 aromatic heterocycles. The van der Waals surface area contributed by atoms with E-state index in [2.05, 4.69) is 15.6 Å². The Kier molecular flexibility index (Phi) is 7.28. The number of aromatic nitrogens is 1. The first-order valence-electron chi connectivity index (χ1n) is 10.8. The van der Waals surface area contributed by atoms with Gasteiger partial charge in [0.05, 0.1) is 11.7 Å². The lowest BCUT2D eigenvalue weighted by molar-refractivity contribution is 0.0935. The topological polar surface area (TPSA) is 117 Å². The van der Waals surface area contributed by atoms with E-state index in [4.69, 9.17) is 22.4 Å². The molecular formula is C27H23ClN4O3. The van der Waals surface area contributed by atoms with Crippen LogP contribution in [0.25, 0.3) is 11.1 Å². The van der Waals surface area contributed by atoms with E-state index in [1.54, 1.807) is 36.5 Å². The molecule has 1 atom stereocenters. The Morgan fingerprint density at radius 2 is 1.71 bits per heavy atom. The Morgan fingerprint density at radius 3 is 2.37 bits per heavy atom. The average Bonchev–Trinajstić information content (AvgIpc) is 2.86. The Bertz CT molecular complexity index is 1330. The highest BCUT2D eigenvalue weighted by molar-refractivity contribution is 6.31. The molecule has 8 heteroatoms. The molecule has 0 fully saturated rings. The van der Waals surface area contributed by atoms with Crippen LogP contribution in [0.4, 0.5) is 16.2 Å². The van der Waals surface area contributed by atoms with Crippen LogP contribution in [-0.2, 0) is 6.42 Å². The molecule has 4 aromatic rings. The quantitative estimate of drug-likeness (QED) is 0.247. The Labute approximate surface area is 207 Å². The molecule has 1 heterocycles.